The fraction of sp³-hybridized carbons (Fsp3) is 0.381. The highest BCUT2D eigenvalue weighted by Crippen LogP contribution is 2.33. The molecule has 2 aromatic carbocycles. The van der Waals surface area contributed by atoms with Gasteiger partial charge in [-0.25, -0.2) is 0 Å². The summed E-state index contributed by atoms with van der Waals surface area (Å²) in [4.78, 5) is 14.6. The van der Waals surface area contributed by atoms with Gasteiger partial charge < -0.3 is 14.4 Å². The summed E-state index contributed by atoms with van der Waals surface area (Å²) in [5.74, 6) is 1.21. The minimum Gasteiger partial charge on any atom is -0.497 e. The molecule has 1 fully saturated rings. The molecule has 0 aliphatic heterocycles. The van der Waals surface area contributed by atoms with E-state index in [0.717, 1.165) is 30.5 Å². The van der Waals surface area contributed by atoms with Crippen LogP contribution in [-0.2, 0) is 23.9 Å². The summed E-state index contributed by atoms with van der Waals surface area (Å²) in [5.41, 5.74) is 0.666. The van der Waals surface area contributed by atoms with Crippen LogP contribution in [0.4, 0.5) is 13.2 Å². The molecule has 3 rings (SSSR count). The van der Waals surface area contributed by atoms with Crippen molar-refractivity contribution in [3.8, 4) is 11.5 Å². The van der Waals surface area contributed by atoms with Crippen LogP contribution < -0.4 is 9.47 Å². The van der Waals surface area contributed by atoms with Gasteiger partial charge >= 0.3 is 6.18 Å². The molecule has 1 amide bonds. The molecule has 28 heavy (non-hydrogen) atoms. The summed E-state index contributed by atoms with van der Waals surface area (Å²) in [6.07, 6.45) is -2.48. The van der Waals surface area contributed by atoms with E-state index in [1.54, 1.807) is 31.3 Å². The SMILES string of the molecule is COc1ccc(OC)c(CN(C(=O)Cc2ccc(C(F)(F)F)cc2)C2CC2)c1. The zero-order chi connectivity index (χ0) is 20.3. The van der Waals surface area contributed by atoms with Crippen molar-refractivity contribution in [2.75, 3.05) is 14.2 Å². The van der Waals surface area contributed by atoms with Gasteiger partial charge in [0.15, 0.2) is 0 Å². The van der Waals surface area contributed by atoms with Gasteiger partial charge in [0.05, 0.1) is 26.2 Å². The first-order valence-corrected chi connectivity index (χ1v) is 8.98. The van der Waals surface area contributed by atoms with Crippen LogP contribution >= 0.6 is 0 Å². The molecule has 1 aliphatic rings. The molecule has 2 aromatic rings. The van der Waals surface area contributed by atoms with Gasteiger partial charge in [-0.1, -0.05) is 12.1 Å². The Morgan fingerprint density at radius 2 is 1.75 bits per heavy atom. The van der Waals surface area contributed by atoms with E-state index in [-0.39, 0.29) is 18.4 Å². The average Bonchev–Trinajstić information content (AvgIpc) is 3.50. The second-order valence-electron chi connectivity index (χ2n) is 6.80. The van der Waals surface area contributed by atoms with E-state index < -0.39 is 11.7 Å². The van der Waals surface area contributed by atoms with Gasteiger partial charge in [-0.05, 0) is 48.7 Å². The first-order chi connectivity index (χ1) is 13.3. The largest absolute Gasteiger partial charge is 0.497 e. The fourth-order valence-electron chi connectivity index (χ4n) is 3.08. The van der Waals surface area contributed by atoms with E-state index >= 15 is 0 Å². The van der Waals surface area contributed by atoms with Crippen molar-refractivity contribution >= 4 is 5.91 Å². The second kappa shape index (κ2) is 8.12. The lowest BCUT2D eigenvalue weighted by molar-refractivity contribution is -0.137. The van der Waals surface area contributed by atoms with E-state index in [4.69, 9.17) is 9.47 Å². The molecular weight excluding hydrogens is 371 g/mol. The number of alkyl halides is 3. The molecule has 7 heteroatoms. The molecule has 1 saturated carbocycles. The maximum absolute atomic E-state index is 12.9. The number of rotatable bonds is 7. The number of carbonyl (C=O) groups excluding carboxylic acids is 1. The average molecular weight is 393 g/mol. The van der Waals surface area contributed by atoms with Crippen molar-refractivity contribution in [1.82, 2.24) is 4.90 Å². The lowest BCUT2D eigenvalue weighted by atomic mass is 10.1. The van der Waals surface area contributed by atoms with E-state index in [0.29, 0.717) is 23.6 Å². The number of hydrogen-bond donors (Lipinski definition) is 0. The number of benzene rings is 2. The van der Waals surface area contributed by atoms with Crippen LogP contribution in [0.5, 0.6) is 11.5 Å². The Balaban J connectivity index is 1.75. The van der Waals surface area contributed by atoms with Gasteiger partial charge in [0.1, 0.15) is 11.5 Å². The number of methoxy groups -OCH3 is 2. The summed E-state index contributed by atoms with van der Waals surface area (Å²) in [5, 5.41) is 0. The topological polar surface area (TPSA) is 38.8 Å². The summed E-state index contributed by atoms with van der Waals surface area (Å²) in [6.45, 7) is 0.366. The van der Waals surface area contributed by atoms with Gasteiger partial charge in [-0.3, -0.25) is 4.79 Å². The van der Waals surface area contributed by atoms with Crippen molar-refractivity contribution < 1.29 is 27.4 Å². The normalized spacial score (nSPS) is 13.9. The van der Waals surface area contributed by atoms with Crippen molar-refractivity contribution in [1.29, 1.82) is 0 Å². The molecule has 0 spiro atoms. The van der Waals surface area contributed by atoms with E-state index in [1.807, 2.05) is 6.07 Å². The maximum atomic E-state index is 12.9. The van der Waals surface area contributed by atoms with E-state index in [2.05, 4.69) is 0 Å². The minimum atomic E-state index is -4.38. The third-order valence-electron chi connectivity index (χ3n) is 4.77. The van der Waals surface area contributed by atoms with E-state index in [9.17, 15) is 18.0 Å². The minimum absolute atomic E-state index is 0.0565. The van der Waals surface area contributed by atoms with Gasteiger partial charge in [0.2, 0.25) is 5.91 Å². The van der Waals surface area contributed by atoms with E-state index in [1.165, 1.54) is 12.1 Å². The zero-order valence-corrected chi connectivity index (χ0v) is 15.8. The summed E-state index contributed by atoms with van der Waals surface area (Å²) >= 11 is 0. The molecule has 0 heterocycles. The molecular formula is C21H22F3NO3. The molecule has 4 nitrogen and oxygen atoms in total. The lowest BCUT2D eigenvalue weighted by Gasteiger charge is -2.24. The summed E-state index contributed by atoms with van der Waals surface area (Å²) in [7, 11) is 3.14. The third kappa shape index (κ3) is 4.77. The molecule has 0 unspecified atom stereocenters. The smallest absolute Gasteiger partial charge is 0.416 e. The van der Waals surface area contributed by atoms with Crippen LogP contribution in [-0.4, -0.2) is 31.1 Å². The first kappa shape index (κ1) is 20.0. The number of ether oxygens (including phenoxy) is 2. The highest BCUT2D eigenvalue weighted by molar-refractivity contribution is 5.79. The van der Waals surface area contributed by atoms with Gasteiger partial charge in [-0.2, -0.15) is 13.2 Å². The van der Waals surface area contributed by atoms with Crippen LogP contribution in [0, 0.1) is 0 Å². The molecule has 0 aromatic heterocycles. The number of hydrogen-bond acceptors (Lipinski definition) is 3. The van der Waals surface area contributed by atoms with Crippen molar-refractivity contribution in [2.45, 2.75) is 38.0 Å². The van der Waals surface area contributed by atoms with Crippen LogP contribution in [0.2, 0.25) is 0 Å². The molecule has 0 atom stereocenters. The number of amides is 1. The van der Waals surface area contributed by atoms with Crippen LogP contribution in [0.3, 0.4) is 0 Å². The van der Waals surface area contributed by atoms with Gasteiger partial charge in [0, 0.05) is 18.2 Å². The predicted octanol–water partition coefficient (Wildman–Crippen LogP) is 4.46. The van der Waals surface area contributed by atoms with Crippen molar-refractivity contribution in [3.05, 3.63) is 59.2 Å². The standard InChI is InChI=1S/C21H22F3NO3/c1-27-18-9-10-19(28-2)15(12-18)13-25(17-7-8-17)20(26)11-14-3-5-16(6-4-14)21(22,23)24/h3-6,9-10,12,17H,7-8,11,13H2,1-2H3. The second-order valence-corrected chi connectivity index (χ2v) is 6.80. The molecule has 0 saturated heterocycles. The molecule has 150 valence electrons. The Hall–Kier alpha value is -2.70. The quantitative estimate of drug-likeness (QED) is 0.697. The molecule has 0 bridgehead atoms. The monoisotopic (exact) mass is 393 g/mol. The Labute approximate surface area is 161 Å². The summed E-state index contributed by atoms with van der Waals surface area (Å²) in [6, 6.07) is 10.3. The van der Waals surface area contributed by atoms with Crippen molar-refractivity contribution in [3.63, 3.8) is 0 Å². The van der Waals surface area contributed by atoms with Crippen LogP contribution in [0.15, 0.2) is 42.5 Å². The molecule has 0 N–H and O–H groups in total. The number of carbonyl (C=O) groups is 1. The Morgan fingerprint density at radius 1 is 1.07 bits per heavy atom. The number of nitrogens with zero attached hydrogens (tertiary/aromatic N) is 1. The van der Waals surface area contributed by atoms with Gasteiger partial charge in [-0.15, -0.1) is 0 Å². The summed E-state index contributed by atoms with van der Waals surface area (Å²) < 4.78 is 48.8. The lowest BCUT2D eigenvalue weighted by Crippen LogP contribution is -2.34. The highest BCUT2D eigenvalue weighted by atomic mass is 19.4. The Kier molecular flexibility index (Phi) is 5.82. The fourth-order valence-corrected chi connectivity index (χ4v) is 3.08. The van der Waals surface area contributed by atoms with Gasteiger partial charge in [0.25, 0.3) is 0 Å². The van der Waals surface area contributed by atoms with Crippen LogP contribution in [0.25, 0.3) is 0 Å². The Morgan fingerprint density at radius 3 is 2.29 bits per heavy atom. The third-order valence-corrected chi connectivity index (χ3v) is 4.77. The number of halogens is 3. The molecule has 1 aliphatic carbocycles. The van der Waals surface area contributed by atoms with Crippen molar-refractivity contribution in [2.24, 2.45) is 0 Å². The Bertz CT molecular complexity index is 830. The predicted molar refractivity (Wildman–Crippen MR) is 98.3 cm³/mol. The molecule has 0 radical (unpaired) electrons. The van der Waals surface area contributed by atoms with Crippen LogP contribution in [0.1, 0.15) is 29.5 Å². The highest BCUT2D eigenvalue weighted by Gasteiger charge is 2.33. The first-order valence-electron chi connectivity index (χ1n) is 8.98. The maximum Gasteiger partial charge on any atom is 0.416 e. The zero-order valence-electron chi connectivity index (χ0n) is 15.8.